The molecule has 2 aromatic rings. The monoisotopic (exact) mass is 494 g/mol. The lowest BCUT2D eigenvalue weighted by molar-refractivity contribution is 0.0627. The van der Waals surface area contributed by atoms with Crippen molar-refractivity contribution in [2.75, 3.05) is 46.4 Å². The summed E-state index contributed by atoms with van der Waals surface area (Å²) < 4.78 is 7.26. The Balaban J connectivity index is 0.00000153. The first kappa shape index (κ1) is 25.6. The molecule has 0 aliphatic carbocycles. The van der Waals surface area contributed by atoms with E-state index in [4.69, 9.17) is 4.74 Å². The van der Waals surface area contributed by atoms with E-state index < -0.39 is 0 Å². The first-order chi connectivity index (χ1) is 15.1. The van der Waals surface area contributed by atoms with Crippen LogP contribution in [0.1, 0.15) is 34.0 Å². The number of piperazine rings is 1. The SMILES string of the molecule is COc1cccc(C(=O)N2CCN(Cc3ccc4n(c3=O)C[C@@H]3CNC[C@H]4C3)CC2)c1.Cl.Cl. The molecular weight excluding hydrogens is 463 g/mol. The lowest BCUT2D eigenvalue weighted by Gasteiger charge is -2.38. The molecule has 3 aliphatic heterocycles. The predicted molar refractivity (Wildman–Crippen MR) is 133 cm³/mol. The Kier molecular flexibility index (Phi) is 8.45. The summed E-state index contributed by atoms with van der Waals surface area (Å²) in [6, 6.07) is 11.5. The highest BCUT2D eigenvalue weighted by Gasteiger charge is 2.31. The zero-order valence-corrected chi connectivity index (χ0v) is 20.5. The first-order valence-electron chi connectivity index (χ1n) is 11.2. The van der Waals surface area contributed by atoms with Gasteiger partial charge in [0.15, 0.2) is 0 Å². The highest BCUT2D eigenvalue weighted by Crippen LogP contribution is 2.31. The van der Waals surface area contributed by atoms with E-state index >= 15 is 0 Å². The van der Waals surface area contributed by atoms with Crippen LogP contribution in [0, 0.1) is 5.92 Å². The number of pyridine rings is 1. The summed E-state index contributed by atoms with van der Waals surface area (Å²) in [7, 11) is 1.61. The van der Waals surface area contributed by atoms with Crippen molar-refractivity contribution in [1.82, 2.24) is 19.7 Å². The van der Waals surface area contributed by atoms with Gasteiger partial charge in [-0.3, -0.25) is 14.5 Å². The van der Waals surface area contributed by atoms with Gasteiger partial charge in [-0.1, -0.05) is 12.1 Å². The van der Waals surface area contributed by atoms with Crippen molar-refractivity contribution < 1.29 is 9.53 Å². The summed E-state index contributed by atoms with van der Waals surface area (Å²) in [6.45, 7) is 6.32. The quantitative estimate of drug-likeness (QED) is 0.706. The summed E-state index contributed by atoms with van der Waals surface area (Å²) in [5.74, 6) is 1.75. The van der Waals surface area contributed by atoms with Gasteiger partial charge in [-0.2, -0.15) is 0 Å². The minimum Gasteiger partial charge on any atom is -0.497 e. The molecule has 1 aromatic carbocycles. The molecule has 2 atom stereocenters. The third kappa shape index (κ3) is 5.22. The maximum absolute atomic E-state index is 13.2. The lowest BCUT2D eigenvalue weighted by Crippen LogP contribution is -2.49. The fraction of sp³-hybridized carbons (Fsp3) is 0.500. The van der Waals surface area contributed by atoms with Gasteiger partial charge in [0.2, 0.25) is 0 Å². The topological polar surface area (TPSA) is 66.8 Å². The summed E-state index contributed by atoms with van der Waals surface area (Å²) in [6.07, 6.45) is 1.19. The number of rotatable bonds is 4. The second kappa shape index (κ2) is 10.9. The Morgan fingerprint density at radius 2 is 1.88 bits per heavy atom. The third-order valence-corrected chi connectivity index (χ3v) is 6.96. The maximum Gasteiger partial charge on any atom is 0.255 e. The maximum atomic E-state index is 13.2. The van der Waals surface area contributed by atoms with Crippen LogP contribution in [0.5, 0.6) is 5.75 Å². The van der Waals surface area contributed by atoms with Crippen molar-refractivity contribution in [3.63, 3.8) is 0 Å². The number of ether oxygens (including phenoxy) is 1. The van der Waals surface area contributed by atoms with E-state index in [-0.39, 0.29) is 36.3 Å². The number of benzene rings is 1. The van der Waals surface area contributed by atoms with Crippen LogP contribution in [0.3, 0.4) is 0 Å². The molecule has 1 aromatic heterocycles. The Bertz CT molecular complexity index is 1040. The average molecular weight is 495 g/mol. The van der Waals surface area contributed by atoms with Gasteiger partial charge >= 0.3 is 0 Å². The molecule has 0 saturated carbocycles. The summed E-state index contributed by atoms with van der Waals surface area (Å²) >= 11 is 0. The molecule has 1 amide bonds. The standard InChI is InChI=1S/C24H30N4O3.2ClH/c1-31-21-4-2-3-18(12-21)23(29)27-9-7-26(8-10-27)16-19-5-6-22-20-11-17(13-25-14-20)15-28(22)24(19)30;;/h2-6,12,17,20,25H,7-11,13-16H2,1H3;2*1H/t17-,20+;;/m0../s1. The summed E-state index contributed by atoms with van der Waals surface area (Å²) in [5, 5.41) is 3.50. The normalized spacial score (nSPS) is 21.9. The second-order valence-corrected chi connectivity index (χ2v) is 8.96. The Labute approximate surface area is 206 Å². The van der Waals surface area contributed by atoms with Crippen LogP contribution in [0.15, 0.2) is 41.2 Å². The van der Waals surface area contributed by atoms with Crippen molar-refractivity contribution in [2.45, 2.75) is 25.4 Å². The van der Waals surface area contributed by atoms with Crippen molar-refractivity contribution in [2.24, 2.45) is 5.92 Å². The number of hydrogen-bond acceptors (Lipinski definition) is 5. The number of halogens is 2. The third-order valence-electron chi connectivity index (χ3n) is 6.96. The number of methoxy groups -OCH3 is 1. The number of amides is 1. The van der Waals surface area contributed by atoms with Gasteiger partial charge in [0.25, 0.3) is 11.5 Å². The van der Waals surface area contributed by atoms with Gasteiger partial charge in [-0.25, -0.2) is 0 Å². The Hall–Kier alpha value is -2.06. The number of nitrogens with one attached hydrogen (secondary N) is 1. The van der Waals surface area contributed by atoms with Crippen LogP contribution in [-0.4, -0.2) is 66.7 Å². The highest BCUT2D eigenvalue weighted by atomic mass is 35.5. The van der Waals surface area contributed by atoms with Crippen molar-refractivity contribution in [1.29, 1.82) is 0 Å². The van der Waals surface area contributed by atoms with Gasteiger partial charge in [-0.05, 0) is 43.1 Å². The highest BCUT2D eigenvalue weighted by molar-refractivity contribution is 5.94. The lowest BCUT2D eigenvalue weighted by atomic mass is 9.84. The molecular formula is C24H32Cl2N4O3. The molecule has 0 radical (unpaired) electrons. The molecule has 33 heavy (non-hydrogen) atoms. The van der Waals surface area contributed by atoms with E-state index in [0.29, 0.717) is 42.8 Å². The zero-order valence-electron chi connectivity index (χ0n) is 18.9. The number of aromatic nitrogens is 1. The van der Waals surface area contributed by atoms with Crippen LogP contribution in [0.2, 0.25) is 0 Å². The summed E-state index contributed by atoms with van der Waals surface area (Å²) in [4.78, 5) is 30.2. The zero-order chi connectivity index (χ0) is 21.4. The number of piperidine rings is 1. The van der Waals surface area contributed by atoms with Crippen LogP contribution < -0.4 is 15.6 Å². The molecule has 0 spiro atoms. The molecule has 2 saturated heterocycles. The van der Waals surface area contributed by atoms with E-state index in [1.165, 1.54) is 12.1 Å². The number of hydrogen-bond donors (Lipinski definition) is 1. The van der Waals surface area contributed by atoms with E-state index in [1.807, 2.05) is 33.7 Å². The Morgan fingerprint density at radius 1 is 1.09 bits per heavy atom. The molecule has 9 heteroatoms. The fourth-order valence-corrected chi connectivity index (χ4v) is 5.24. The molecule has 3 aliphatic rings. The van der Waals surface area contributed by atoms with Gasteiger partial charge < -0.3 is 19.5 Å². The average Bonchev–Trinajstić information content (AvgIpc) is 2.81. The van der Waals surface area contributed by atoms with Crippen LogP contribution >= 0.6 is 24.8 Å². The smallest absolute Gasteiger partial charge is 0.255 e. The molecule has 2 fully saturated rings. The molecule has 5 rings (SSSR count). The summed E-state index contributed by atoms with van der Waals surface area (Å²) in [5.41, 5.74) is 2.87. The van der Waals surface area contributed by atoms with Crippen LogP contribution in [0.25, 0.3) is 0 Å². The fourth-order valence-electron chi connectivity index (χ4n) is 5.24. The number of carbonyl (C=O) groups excluding carboxylic acids is 1. The van der Waals surface area contributed by atoms with Gasteiger partial charge in [0, 0.05) is 68.6 Å². The van der Waals surface area contributed by atoms with Gasteiger partial charge in [0.1, 0.15) is 5.75 Å². The molecule has 4 heterocycles. The minimum atomic E-state index is 0. The Morgan fingerprint density at radius 3 is 2.64 bits per heavy atom. The molecule has 0 unspecified atom stereocenters. The van der Waals surface area contributed by atoms with Crippen molar-refractivity contribution >= 4 is 30.7 Å². The number of nitrogens with zero attached hydrogens (tertiary/aromatic N) is 3. The van der Waals surface area contributed by atoms with E-state index in [1.54, 1.807) is 13.2 Å². The minimum absolute atomic E-state index is 0. The van der Waals surface area contributed by atoms with Crippen LogP contribution in [0.4, 0.5) is 0 Å². The van der Waals surface area contributed by atoms with E-state index in [9.17, 15) is 9.59 Å². The molecule has 7 nitrogen and oxygen atoms in total. The van der Waals surface area contributed by atoms with Gasteiger partial charge in [-0.15, -0.1) is 24.8 Å². The van der Waals surface area contributed by atoms with E-state index in [2.05, 4.69) is 16.3 Å². The van der Waals surface area contributed by atoms with Crippen molar-refractivity contribution in [3.8, 4) is 5.75 Å². The van der Waals surface area contributed by atoms with Gasteiger partial charge in [0.05, 0.1) is 7.11 Å². The van der Waals surface area contributed by atoms with Crippen LogP contribution in [-0.2, 0) is 13.1 Å². The van der Waals surface area contributed by atoms with E-state index in [0.717, 1.165) is 38.3 Å². The molecule has 180 valence electrons. The number of carbonyl (C=O) groups is 1. The number of fused-ring (bicyclic) bond motifs is 4. The second-order valence-electron chi connectivity index (χ2n) is 8.96. The largest absolute Gasteiger partial charge is 0.497 e. The first-order valence-corrected chi connectivity index (χ1v) is 11.2. The molecule has 2 bridgehead atoms. The predicted octanol–water partition coefficient (Wildman–Crippen LogP) is 2.37. The van der Waals surface area contributed by atoms with Crippen molar-refractivity contribution in [3.05, 3.63) is 63.6 Å². The molecule has 1 N–H and O–H groups in total.